The van der Waals surface area contributed by atoms with Gasteiger partial charge in [0.2, 0.25) is 0 Å². The van der Waals surface area contributed by atoms with Crippen LogP contribution in [0.15, 0.2) is 48.5 Å². The van der Waals surface area contributed by atoms with Crippen LogP contribution in [0.25, 0.3) is 5.69 Å². The first kappa shape index (κ1) is 17.3. The molecule has 5 heteroatoms. The molecule has 1 aliphatic rings. The lowest BCUT2D eigenvalue weighted by Gasteiger charge is -2.17. The highest BCUT2D eigenvalue weighted by Gasteiger charge is 2.27. The Balaban J connectivity index is 1.72. The van der Waals surface area contributed by atoms with E-state index in [1.165, 1.54) is 0 Å². The molecule has 1 aromatic heterocycles. The van der Waals surface area contributed by atoms with Crippen LogP contribution >= 0.6 is 0 Å². The van der Waals surface area contributed by atoms with E-state index in [2.05, 4.69) is 24.4 Å². The summed E-state index contributed by atoms with van der Waals surface area (Å²) in [7, 11) is 3.94. The molecule has 0 aliphatic heterocycles. The van der Waals surface area contributed by atoms with Crippen LogP contribution in [0.5, 0.6) is 0 Å². The predicted molar refractivity (Wildman–Crippen MR) is 109 cm³/mol. The lowest BCUT2D eigenvalue weighted by Crippen LogP contribution is -2.18. The largest absolute Gasteiger partial charge is 0.376 e. The van der Waals surface area contributed by atoms with Crippen molar-refractivity contribution in [2.75, 3.05) is 24.3 Å². The number of amides is 1. The van der Waals surface area contributed by atoms with Crippen molar-refractivity contribution in [3.8, 4) is 5.69 Å². The summed E-state index contributed by atoms with van der Waals surface area (Å²) in [5.74, 6) is -0.144. The SMILES string of the molecule is Cc1ccccc1-n1nc(C(=O)Nc2ccccc2N(C)C)c2c1CCC2. The van der Waals surface area contributed by atoms with Gasteiger partial charge in [0.1, 0.15) is 0 Å². The quantitative estimate of drug-likeness (QED) is 0.765. The number of hydrogen-bond acceptors (Lipinski definition) is 3. The fourth-order valence-electron chi connectivity index (χ4n) is 3.77. The number of benzene rings is 2. The number of aromatic nitrogens is 2. The zero-order valence-corrected chi connectivity index (χ0v) is 16.0. The Morgan fingerprint density at radius 2 is 1.81 bits per heavy atom. The Bertz CT molecular complexity index is 1000. The van der Waals surface area contributed by atoms with Crippen LogP contribution in [0.2, 0.25) is 0 Å². The Kier molecular flexibility index (Phi) is 4.44. The van der Waals surface area contributed by atoms with E-state index in [1.807, 2.05) is 60.1 Å². The van der Waals surface area contributed by atoms with Crippen LogP contribution in [0.3, 0.4) is 0 Å². The number of hydrogen-bond donors (Lipinski definition) is 1. The Labute approximate surface area is 159 Å². The second kappa shape index (κ2) is 6.91. The van der Waals surface area contributed by atoms with Crippen LogP contribution < -0.4 is 10.2 Å². The minimum atomic E-state index is -0.144. The summed E-state index contributed by atoms with van der Waals surface area (Å²) < 4.78 is 1.96. The Morgan fingerprint density at radius 3 is 2.59 bits per heavy atom. The maximum atomic E-state index is 13.1. The fraction of sp³-hybridized carbons (Fsp3) is 0.273. The minimum absolute atomic E-state index is 0.144. The zero-order valence-electron chi connectivity index (χ0n) is 16.0. The number of nitrogens with one attached hydrogen (secondary N) is 1. The van der Waals surface area contributed by atoms with E-state index in [1.54, 1.807) is 0 Å². The van der Waals surface area contributed by atoms with Gasteiger partial charge in [-0.15, -0.1) is 0 Å². The topological polar surface area (TPSA) is 50.2 Å². The first-order valence-electron chi connectivity index (χ1n) is 9.30. The van der Waals surface area contributed by atoms with E-state index in [-0.39, 0.29) is 5.91 Å². The summed E-state index contributed by atoms with van der Waals surface area (Å²) in [4.78, 5) is 15.1. The molecule has 1 amide bonds. The molecule has 5 nitrogen and oxygen atoms in total. The van der Waals surface area contributed by atoms with Crippen molar-refractivity contribution in [3.05, 3.63) is 71.0 Å². The highest BCUT2D eigenvalue weighted by Crippen LogP contribution is 2.30. The molecule has 0 fully saturated rings. The first-order chi connectivity index (χ1) is 13.1. The number of para-hydroxylation sites is 3. The normalized spacial score (nSPS) is 12.7. The molecule has 0 bridgehead atoms. The van der Waals surface area contributed by atoms with Crippen molar-refractivity contribution >= 4 is 17.3 Å². The summed E-state index contributed by atoms with van der Waals surface area (Å²) in [6.45, 7) is 2.07. The van der Waals surface area contributed by atoms with Gasteiger partial charge in [0, 0.05) is 25.4 Å². The van der Waals surface area contributed by atoms with Gasteiger partial charge in [0.25, 0.3) is 5.91 Å². The summed E-state index contributed by atoms with van der Waals surface area (Å²) in [5, 5.41) is 7.79. The van der Waals surface area contributed by atoms with Gasteiger partial charge < -0.3 is 10.2 Å². The van der Waals surface area contributed by atoms with Crippen molar-refractivity contribution in [2.45, 2.75) is 26.2 Å². The number of carbonyl (C=O) groups is 1. The lowest BCUT2D eigenvalue weighted by atomic mass is 10.1. The molecular formula is C22H24N4O. The highest BCUT2D eigenvalue weighted by molar-refractivity contribution is 6.05. The summed E-state index contributed by atoms with van der Waals surface area (Å²) in [5.41, 5.74) is 6.75. The van der Waals surface area contributed by atoms with E-state index in [0.29, 0.717) is 5.69 Å². The molecule has 0 unspecified atom stereocenters. The van der Waals surface area contributed by atoms with Gasteiger partial charge in [0.15, 0.2) is 5.69 Å². The molecule has 0 radical (unpaired) electrons. The third-order valence-corrected chi connectivity index (χ3v) is 5.12. The smallest absolute Gasteiger partial charge is 0.276 e. The summed E-state index contributed by atoms with van der Waals surface area (Å²) >= 11 is 0. The molecule has 4 rings (SSSR count). The molecule has 1 N–H and O–H groups in total. The van der Waals surface area contributed by atoms with Crippen molar-refractivity contribution in [3.63, 3.8) is 0 Å². The second-order valence-electron chi connectivity index (χ2n) is 7.19. The second-order valence-corrected chi connectivity index (χ2v) is 7.19. The third kappa shape index (κ3) is 3.10. The zero-order chi connectivity index (χ0) is 19.0. The molecule has 27 heavy (non-hydrogen) atoms. The average Bonchev–Trinajstić information content (AvgIpc) is 3.25. The number of anilines is 2. The number of carbonyl (C=O) groups excluding carboxylic acids is 1. The average molecular weight is 360 g/mol. The van der Waals surface area contributed by atoms with Gasteiger partial charge in [-0.05, 0) is 49.9 Å². The van der Waals surface area contributed by atoms with E-state index in [4.69, 9.17) is 5.10 Å². The lowest BCUT2D eigenvalue weighted by molar-refractivity contribution is 0.102. The number of rotatable bonds is 4. The van der Waals surface area contributed by atoms with Crippen LogP contribution in [0.4, 0.5) is 11.4 Å². The van der Waals surface area contributed by atoms with E-state index in [0.717, 1.165) is 53.1 Å². The maximum absolute atomic E-state index is 13.1. The molecule has 2 aromatic carbocycles. The molecule has 0 spiro atoms. The standard InChI is InChI=1S/C22H24N4O/c1-15-9-4-6-12-18(15)26-19-14-8-10-16(19)21(24-26)22(27)23-17-11-5-7-13-20(17)25(2)3/h4-7,9,11-13H,8,10,14H2,1-3H3,(H,23,27). The maximum Gasteiger partial charge on any atom is 0.276 e. The van der Waals surface area contributed by atoms with Crippen LogP contribution in [-0.2, 0) is 12.8 Å². The summed E-state index contributed by atoms with van der Waals surface area (Å²) in [6.07, 6.45) is 2.92. The molecule has 0 saturated heterocycles. The molecule has 138 valence electrons. The first-order valence-corrected chi connectivity index (χ1v) is 9.30. The third-order valence-electron chi connectivity index (χ3n) is 5.12. The Hall–Kier alpha value is -3.08. The molecular weight excluding hydrogens is 336 g/mol. The van der Waals surface area contributed by atoms with Crippen molar-refractivity contribution in [1.82, 2.24) is 9.78 Å². The number of fused-ring (bicyclic) bond motifs is 1. The van der Waals surface area contributed by atoms with E-state index < -0.39 is 0 Å². The highest BCUT2D eigenvalue weighted by atomic mass is 16.2. The van der Waals surface area contributed by atoms with Crippen molar-refractivity contribution < 1.29 is 4.79 Å². The van der Waals surface area contributed by atoms with Gasteiger partial charge in [-0.2, -0.15) is 5.10 Å². The summed E-state index contributed by atoms with van der Waals surface area (Å²) in [6, 6.07) is 16.0. The monoisotopic (exact) mass is 360 g/mol. The van der Waals surface area contributed by atoms with Crippen molar-refractivity contribution in [2.24, 2.45) is 0 Å². The van der Waals surface area contributed by atoms with Gasteiger partial charge in [-0.1, -0.05) is 30.3 Å². The van der Waals surface area contributed by atoms with Crippen LogP contribution in [0.1, 0.15) is 33.7 Å². The van der Waals surface area contributed by atoms with E-state index in [9.17, 15) is 4.79 Å². The number of nitrogens with zero attached hydrogens (tertiary/aromatic N) is 3. The van der Waals surface area contributed by atoms with Gasteiger partial charge in [-0.3, -0.25) is 4.79 Å². The molecule has 3 aromatic rings. The van der Waals surface area contributed by atoms with Crippen LogP contribution in [0, 0.1) is 6.92 Å². The molecule has 0 atom stereocenters. The predicted octanol–water partition coefficient (Wildman–Crippen LogP) is 3.99. The fourth-order valence-corrected chi connectivity index (χ4v) is 3.77. The van der Waals surface area contributed by atoms with Gasteiger partial charge >= 0.3 is 0 Å². The minimum Gasteiger partial charge on any atom is -0.376 e. The van der Waals surface area contributed by atoms with Crippen molar-refractivity contribution in [1.29, 1.82) is 0 Å². The van der Waals surface area contributed by atoms with Gasteiger partial charge in [0.05, 0.1) is 17.1 Å². The molecule has 0 saturated carbocycles. The Morgan fingerprint density at radius 1 is 1.07 bits per heavy atom. The van der Waals surface area contributed by atoms with Gasteiger partial charge in [-0.25, -0.2) is 4.68 Å². The van der Waals surface area contributed by atoms with Crippen LogP contribution in [-0.4, -0.2) is 29.8 Å². The van der Waals surface area contributed by atoms with E-state index >= 15 is 0 Å². The molecule has 1 heterocycles. The number of aryl methyl sites for hydroxylation is 1. The molecule has 1 aliphatic carbocycles.